The second-order valence-corrected chi connectivity index (χ2v) is 6.79. The minimum absolute atomic E-state index is 0.00677. The molecule has 0 saturated heterocycles. The number of benzene rings is 2. The summed E-state index contributed by atoms with van der Waals surface area (Å²) in [5.74, 6) is 0.225. The van der Waals surface area contributed by atoms with Gasteiger partial charge in [0.1, 0.15) is 5.82 Å². The highest BCUT2D eigenvalue weighted by atomic mass is 16.3. The van der Waals surface area contributed by atoms with Crippen LogP contribution in [0.25, 0.3) is 10.9 Å². The number of aliphatic hydroxyl groups is 1. The molecule has 1 aliphatic heterocycles. The predicted molar refractivity (Wildman–Crippen MR) is 104 cm³/mol. The second-order valence-electron chi connectivity index (χ2n) is 6.79. The summed E-state index contributed by atoms with van der Waals surface area (Å²) in [7, 11) is 1.77. The van der Waals surface area contributed by atoms with Crippen LogP contribution in [-0.4, -0.2) is 34.2 Å². The Morgan fingerprint density at radius 1 is 1.07 bits per heavy atom. The molecule has 138 valence electrons. The number of anilines is 1. The first-order chi connectivity index (χ1) is 13.1. The van der Waals surface area contributed by atoms with Crippen molar-refractivity contribution in [3.05, 3.63) is 70.3 Å². The Labute approximate surface area is 156 Å². The fourth-order valence-electron chi connectivity index (χ4n) is 3.78. The maximum absolute atomic E-state index is 13.0. The molecule has 0 saturated carbocycles. The zero-order chi connectivity index (χ0) is 19.0. The predicted octanol–water partition coefficient (Wildman–Crippen LogP) is 2.08. The van der Waals surface area contributed by atoms with E-state index in [0.29, 0.717) is 36.1 Å². The molecular formula is C21H21N3O3. The van der Waals surface area contributed by atoms with Crippen molar-refractivity contribution in [1.29, 1.82) is 0 Å². The van der Waals surface area contributed by atoms with Gasteiger partial charge in [-0.1, -0.05) is 30.3 Å². The van der Waals surface area contributed by atoms with Crippen LogP contribution in [0.3, 0.4) is 0 Å². The van der Waals surface area contributed by atoms with E-state index in [2.05, 4.69) is 0 Å². The van der Waals surface area contributed by atoms with Crippen LogP contribution < -0.4 is 10.5 Å². The third kappa shape index (κ3) is 2.92. The van der Waals surface area contributed by atoms with E-state index >= 15 is 0 Å². The van der Waals surface area contributed by atoms with Gasteiger partial charge < -0.3 is 10.0 Å². The molecule has 3 aromatic rings. The lowest BCUT2D eigenvalue weighted by Gasteiger charge is -2.16. The largest absolute Gasteiger partial charge is 0.396 e. The Morgan fingerprint density at radius 3 is 2.63 bits per heavy atom. The van der Waals surface area contributed by atoms with E-state index in [1.807, 2.05) is 42.5 Å². The van der Waals surface area contributed by atoms with Crippen LogP contribution in [0.4, 0.5) is 5.69 Å². The van der Waals surface area contributed by atoms with Gasteiger partial charge in [-0.3, -0.25) is 14.2 Å². The Balaban J connectivity index is 1.82. The molecule has 4 rings (SSSR count). The molecule has 27 heavy (non-hydrogen) atoms. The smallest absolute Gasteiger partial charge is 0.261 e. The molecule has 1 aromatic heterocycles. The standard InChI is InChI=1S/C21H21N3O3/c1-23-18-10-5-3-7-14(18)16(20(23)26)13-19-22-17-9-4-2-8-15(17)21(27)24(19)11-6-12-25/h2-5,7-10,16,25H,6,11-13H2,1H3/t16-/m0/s1. The molecule has 0 radical (unpaired) electrons. The fraction of sp³-hybridized carbons (Fsp3) is 0.286. The maximum atomic E-state index is 13.0. The number of hydrogen-bond acceptors (Lipinski definition) is 4. The maximum Gasteiger partial charge on any atom is 0.261 e. The molecule has 6 nitrogen and oxygen atoms in total. The van der Waals surface area contributed by atoms with Crippen LogP contribution in [0.1, 0.15) is 23.7 Å². The lowest BCUT2D eigenvalue weighted by molar-refractivity contribution is -0.119. The van der Waals surface area contributed by atoms with Gasteiger partial charge in [0.2, 0.25) is 5.91 Å². The number of rotatable bonds is 5. The zero-order valence-corrected chi connectivity index (χ0v) is 15.1. The minimum atomic E-state index is -0.361. The summed E-state index contributed by atoms with van der Waals surface area (Å²) in [6.45, 7) is 0.369. The van der Waals surface area contributed by atoms with E-state index in [1.54, 1.807) is 22.6 Å². The molecule has 2 aromatic carbocycles. The van der Waals surface area contributed by atoms with E-state index in [0.717, 1.165) is 11.3 Å². The average Bonchev–Trinajstić information content (AvgIpc) is 2.93. The second kappa shape index (κ2) is 6.96. The summed E-state index contributed by atoms with van der Waals surface area (Å²) < 4.78 is 1.60. The summed E-state index contributed by atoms with van der Waals surface area (Å²) in [6, 6.07) is 15.0. The van der Waals surface area contributed by atoms with Crippen LogP contribution in [0.5, 0.6) is 0 Å². The summed E-state index contributed by atoms with van der Waals surface area (Å²) in [6.07, 6.45) is 0.813. The summed E-state index contributed by atoms with van der Waals surface area (Å²) >= 11 is 0. The van der Waals surface area contributed by atoms with Crippen molar-refractivity contribution in [1.82, 2.24) is 9.55 Å². The van der Waals surface area contributed by atoms with Crippen molar-refractivity contribution in [2.45, 2.75) is 25.3 Å². The number of para-hydroxylation sites is 2. The number of hydrogen-bond donors (Lipinski definition) is 1. The van der Waals surface area contributed by atoms with E-state index in [4.69, 9.17) is 4.98 Å². The lowest BCUT2D eigenvalue weighted by atomic mass is 9.96. The van der Waals surface area contributed by atoms with Crippen molar-refractivity contribution in [3.8, 4) is 0 Å². The molecule has 0 bridgehead atoms. The van der Waals surface area contributed by atoms with Crippen molar-refractivity contribution >= 4 is 22.5 Å². The van der Waals surface area contributed by atoms with Gasteiger partial charge in [-0.2, -0.15) is 0 Å². The van der Waals surface area contributed by atoms with E-state index in [9.17, 15) is 14.7 Å². The highest BCUT2D eigenvalue weighted by Gasteiger charge is 2.35. The quantitative estimate of drug-likeness (QED) is 0.753. The third-order valence-corrected chi connectivity index (χ3v) is 5.17. The molecule has 1 aliphatic rings. The van der Waals surface area contributed by atoms with Crippen LogP contribution in [-0.2, 0) is 17.8 Å². The van der Waals surface area contributed by atoms with Gasteiger partial charge in [-0.25, -0.2) is 4.98 Å². The van der Waals surface area contributed by atoms with Crippen molar-refractivity contribution in [2.75, 3.05) is 18.6 Å². The Bertz CT molecular complexity index is 1070. The lowest BCUT2D eigenvalue weighted by Crippen LogP contribution is -2.30. The van der Waals surface area contributed by atoms with Gasteiger partial charge in [-0.05, 0) is 30.2 Å². The number of likely N-dealkylation sites (N-methyl/N-ethyl adjacent to an activating group) is 1. The minimum Gasteiger partial charge on any atom is -0.396 e. The summed E-state index contributed by atoms with van der Waals surface area (Å²) in [5.41, 5.74) is 2.36. The van der Waals surface area contributed by atoms with E-state index in [-0.39, 0.29) is 24.0 Å². The highest BCUT2D eigenvalue weighted by Crippen LogP contribution is 2.37. The molecule has 1 N–H and O–H groups in total. The van der Waals surface area contributed by atoms with Crippen LogP contribution in [0.15, 0.2) is 53.3 Å². The molecule has 6 heteroatoms. The Hall–Kier alpha value is -2.99. The average molecular weight is 363 g/mol. The number of amides is 1. The van der Waals surface area contributed by atoms with E-state index < -0.39 is 0 Å². The van der Waals surface area contributed by atoms with Crippen LogP contribution in [0.2, 0.25) is 0 Å². The first-order valence-electron chi connectivity index (χ1n) is 9.07. The van der Waals surface area contributed by atoms with Crippen LogP contribution in [0, 0.1) is 0 Å². The van der Waals surface area contributed by atoms with Gasteiger partial charge in [0.15, 0.2) is 0 Å². The third-order valence-electron chi connectivity index (χ3n) is 5.17. The number of aromatic nitrogens is 2. The Kier molecular flexibility index (Phi) is 4.49. The van der Waals surface area contributed by atoms with Gasteiger partial charge in [-0.15, -0.1) is 0 Å². The molecule has 2 heterocycles. The molecule has 1 atom stereocenters. The highest BCUT2D eigenvalue weighted by molar-refractivity contribution is 6.04. The number of carbonyl (C=O) groups excluding carboxylic acids is 1. The zero-order valence-electron chi connectivity index (χ0n) is 15.1. The number of fused-ring (bicyclic) bond motifs is 2. The normalized spacial score (nSPS) is 16.1. The van der Waals surface area contributed by atoms with Gasteiger partial charge in [0, 0.05) is 32.3 Å². The molecule has 0 unspecified atom stereocenters. The van der Waals surface area contributed by atoms with Gasteiger partial charge in [0.25, 0.3) is 5.56 Å². The number of carbonyl (C=O) groups is 1. The topological polar surface area (TPSA) is 75.4 Å². The summed E-state index contributed by atoms with van der Waals surface area (Å²) in [5, 5.41) is 9.77. The molecule has 1 amide bonds. The number of nitrogens with zero attached hydrogens (tertiary/aromatic N) is 3. The fourth-order valence-corrected chi connectivity index (χ4v) is 3.78. The van der Waals surface area contributed by atoms with Crippen molar-refractivity contribution in [2.24, 2.45) is 0 Å². The molecule has 0 spiro atoms. The van der Waals surface area contributed by atoms with E-state index in [1.165, 1.54) is 0 Å². The first-order valence-corrected chi connectivity index (χ1v) is 9.07. The van der Waals surface area contributed by atoms with Crippen LogP contribution >= 0.6 is 0 Å². The van der Waals surface area contributed by atoms with Gasteiger partial charge >= 0.3 is 0 Å². The van der Waals surface area contributed by atoms with Crippen molar-refractivity contribution < 1.29 is 9.90 Å². The SMILES string of the molecule is CN1C(=O)[C@@H](Cc2nc3ccccc3c(=O)n2CCCO)c2ccccc21. The summed E-state index contributed by atoms with van der Waals surface area (Å²) in [4.78, 5) is 32.1. The monoisotopic (exact) mass is 363 g/mol. The first kappa shape index (κ1) is 17.4. The Morgan fingerprint density at radius 2 is 1.81 bits per heavy atom. The molecular weight excluding hydrogens is 342 g/mol. The molecule has 0 aliphatic carbocycles. The van der Waals surface area contributed by atoms with Gasteiger partial charge in [0.05, 0.1) is 16.8 Å². The van der Waals surface area contributed by atoms with Crippen molar-refractivity contribution in [3.63, 3.8) is 0 Å². The number of aliphatic hydroxyl groups excluding tert-OH is 1. The molecule has 0 fully saturated rings.